The van der Waals surface area contributed by atoms with Crippen molar-refractivity contribution in [2.75, 3.05) is 17.4 Å². The second-order valence-electron chi connectivity index (χ2n) is 7.53. The van der Waals surface area contributed by atoms with Gasteiger partial charge in [-0.05, 0) is 48.2 Å². The number of anilines is 1. The third kappa shape index (κ3) is 4.41. The quantitative estimate of drug-likeness (QED) is 0.629. The fraction of sp³-hybridized carbons (Fsp3) is 0.208. The van der Waals surface area contributed by atoms with Crippen LogP contribution in [0.2, 0.25) is 0 Å². The molecule has 31 heavy (non-hydrogen) atoms. The van der Waals surface area contributed by atoms with Crippen molar-refractivity contribution in [2.45, 2.75) is 23.8 Å². The van der Waals surface area contributed by atoms with Crippen LogP contribution in [-0.4, -0.2) is 43.6 Å². The number of sulfonamides is 1. The van der Waals surface area contributed by atoms with Crippen molar-refractivity contribution >= 4 is 21.8 Å². The normalized spacial score (nSPS) is 14.9. The van der Waals surface area contributed by atoms with E-state index in [9.17, 15) is 18.3 Å². The lowest BCUT2D eigenvalue weighted by Crippen LogP contribution is -2.48. The summed E-state index contributed by atoms with van der Waals surface area (Å²) in [4.78, 5) is 12.8. The predicted octanol–water partition coefficient (Wildman–Crippen LogP) is 4.69. The van der Waals surface area contributed by atoms with Gasteiger partial charge < -0.3 is 10.0 Å². The van der Waals surface area contributed by atoms with E-state index in [0.717, 1.165) is 11.1 Å². The van der Waals surface area contributed by atoms with Gasteiger partial charge in [-0.2, -0.15) is 0 Å². The third-order valence-corrected chi connectivity index (χ3v) is 7.49. The van der Waals surface area contributed by atoms with Crippen LogP contribution in [0, 0.1) is 0 Å². The van der Waals surface area contributed by atoms with Gasteiger partial charge in [-0.25, -0.2) is 13.2 Å². The largest absolute Gasteiger partial charge is 0.465 e. The second-order valence-corrected chi connectivity index (χ2v) is 9.34. The minimum Gasteiger partial charge on any atom is -0.465 e. The third-order valence-electron chi connectivity index (χ3n) is 5.60. The standard InChI is InChI=1S/C24H24N2O4S/c27-24(28)25-17-15-22(16-18-25)26(21-9-5-2-6-10-21)31(29,30)23-13-11-20(12-14-23)19-7-3-1-4-8-19/h1-14,22H,15-18H2,(H,27,28). The number of piperidine rings is 1. The van der Waals surface area contributed by atoms with Crippen molar-refractivity contribution in [1.29, 1.82) is 0 Å². The highest BCUT2D eigenvalue weighted by atomic mass is 32.2. The number of benzene rings is 3. The minimum absolute atomic E-state index is 0.219. The Morgan fingerprint density at radius 1 is 0.806 bits per heavy atom. The number of hydrogen-bond donors (Lipinski definition) is 1. The Labute approximate surface area is 182 Å². The number of amides is 1. The van der Waals surface area contributed by atoms with Gasteiger partial charge in [0.25, 0.3) is 10.0 Å². The second kappa shape index (κ2) is 8.81. The first kappa shape index (κ1) is 20.9. The van der Waals surface area contributed by atoms with E-state index in [1.807, 2.05) is 60.7 Å². The summed E-state index contributed by atoms with van der Waals surface area (Å²) in [7, 11) is -3.82. The number of carboxylic acid groups (broad SMARTS) is 1. The summed E-state index contributed by atoms with van der Waals surface area (Å²) in [5, 5.41) is 9.23. The van der Waals surface area contributed by atoms with Gasteiger partial charge in [0.2, 0.25) is 0 Å². The molecule has 0 aromatic heterocycles. The van der Waals surface area contributed by atoms with Gasteiger partial charge in [0.15, 0.2) is 0 Å². The molecule has 1 aliphatic rings. The van der Waals surface area contributed by atoms with Crippen LogP contribution in [0.3, 0.4) is 0 Å². The van der Waals surface area contributed by atoms with E-state index in [1.54, 1.807) is 24.3 Å². The molecular weight excluding hydrogens is 412 g/mol. The Balaban J connectivity index is 1.67. The van der Waals surface area contributed by atoms with E-state index in [4.69, 9.17) is 0 Å². The summed E-state index contributed by atoms with van der Waals surface area (Å²) >= 11 is 0. The summed E-state index contributed by atoms with van der Waals surface area (Å²) in [6, 6.07) is 25.4. The summed E-state index contributed by atoms with van der Waals surface area (Å²) in [5.41, 5.74) is 2.55. The van der Waals surface area contributed by atoms with Crippen molar-refractivity contribution < 1.29 is 18.3 Å². The number of hydrogen-bond acceptors (Lipinski definition) is 3. The van der Waals surface area contributed by atoms with E-state index in [1.165, 1.54) is 9.21 Å². The van der Waals surface area contributed by atoms with Crippen molar-refractivity contribution in [2.24, 2.45) is 0 Å². The van der Waals surface area contributed by atoms with E-state index in [2.05, 4.69) is 0 Å². The molecule has 0 saturated carbocycles. The van der Waals surface area contributed by atoms with Gasteiger partial charge in [0.1, 0.15) is 0 Å². The fourth-order valence-electron chi connectivity index (χ4n) is 3.98. The van der Waals surface area contributed by atoms with E-state index >= 15 is 0 Å². The molecule has 1 amide bonds. The molecule has 0 bridgehead atoms. The molecule has 1 fully saturated rings. The number of carbonyl (C=O) groups is 1. The maximum Gasteiger partial charge on any atom is 0.407 e. The molecule has 3 aromatic rings. The zero-order chi connectivity index (χ0) is 21.8. The minimum atomic E-state index is -3.82. The number of rotatable bonds is 5. The Morgan fingerprint density at radius 2 is 1.32 bits per heavy atom. The van der Waals surface area contributed by atoms with E-state index in [-0.39, 0.29) is 10.9 Å². The molecule has 0 spiro atoms. The van der Waals surface area contributed by atoms with Crippen LogP contribution < -0.4 is 4.31 Å². The molecule has 4 rings (SSSR count). The molecular formula is C24H24N2O4S. The highest BCUT2D eigenvalue weighted by Gasteiger charge is 2.35. The SMILES string of the molecule is O=C(O)N1CCC(N(c2ccccc2)S(=O)(=O)c2ccc(-c3ccccc3)cc2)CC1. The summed E-state index contributed by atoms with van der Waals surface area (Å²) in [6.07, 6.45) is -0.0746. The highest BCUT2D eigenvalue weighted by Crippen LogP contribution is 2.31. The molecule has 160 valence electrons. The molecule has 1 N–H and O–H groups in total. The Kier molecular flexibility index (Phi) is 5.95. The van der Waals surface area contributed by atoms with Gasteiger partial charge in [-0.1, -0.05) is 60.7 Å². The first-order valence-corrected chi connectivity index (χ1v) is 11.6. The first-order valence-electron chi connectivity index (χ1n) is 10.2. The van der Waals surface area contributed by atoms with Crippen LogP contribution in [0.1, 0.15) is 12.8 Å². The maximum atomic E-state index is 13.7. The molecule has 0 radical (unpaired) electrons. The summed E-state index contributed by atoms with van der Waals surface area (Å²) in [5.74, 6) is 0. The van der Waals surface area contributed by atoms with Gasteiger partial charge in [0.05, 0.1) is 10.6 Å². The van der Waals surface area contributed by atoms with Crippen LogP contribution >= 0.6 is 0 Å². The van der Waals surface area contributed by atoms with Crippen LogP contribution in [-0.2, 0) is 10.0 Å². The molecule has 7 heteroatoms. The van der Waals surface area contributed by atoms with Crippen LogP contribution in [0.4, 0.5) is 10.5 Å². The molecule has 0 atom stereocenters. The topological polar surface area (TPSA) is 77.9 Å². The van der Waals surface area contributed by atoms with E-state index in [0.29, 0.717) is 31.6 Å². The zero-order valence-electron chi connectivity index (χ0n) is 17.0. The molecule has 0 aliphatic carbocycles. The predicted molar refractivity (Wildman–Crippen MR) is 121 cm³/mol. The average molecular weight is 437 g/mol. The lowest BCUT2D eigenvalue weighted by atomic mass is 10.0. The van der Waals surface area contributed by atoms with E-state index < -0.39 is 16.1 Å². The lowest BCUT2D eigenvalue weighted by molar-refractivity contribution is 0.133. The molecule has 1 heterocycles. The Bertz CT molecular complexity index is 1130. The van der Waals surface area contributed by atoms with Crippen molar-refractivity contribution in [3.05, 3.63) is 84.9 Å². The van der Waals surface area contributed by atoms with Gasteiger partial charge >= 0.3 is 6.09 Å². The molecule has 1 saturated heterocycles. The molecule has 1 aliphatic heterocycles. The van der Waals surface area contributed by atoms with Crippen molar-refractivity contribution in [1.82, 2.24) is 4.90 Å². The Hall–Kier alpha value is -3.32. The Morgan fingerprint density at radius 3 is 1.87 bits per heavy atom. The molecule has 0 unspecified atom stereocenters. The molecule has 3 aromatic carbocycles. The van der Waals surface area contributed by atoms with Crippen LogP contribution in [0.25, 0.3) is 11.1 Å². The first-order chi connectivity index (χ1) is 15.0. The average Bonchev–Trinajstić information content (AvgIpc) is 2.81. The smallest absolute Gasteiger partial charge is 0.407 e. The fourth-order valence-corrected chi connectivity index (χ4v) is 5.69. The summed E-state index contributed by atoms with van der Waals surface area (Å²) < 4.78 is 28.8. The maximum absolute atomic E-state index is 13.7. The van der Waals surface area contributed by atoms with Gasteiger partial charge in [-0.3, -0.25) is 4.31 Å². The summed E-state index contributed by atoms with van der Waals surface area (Å²) in [6.45, 7) is 0.623. The monoisotopic (exact) mass is 436 g/mol. The number of nitrogens with zero attached hydrogens (tertiary/aromatic N) is 2. The number of likely N-dealkylation sites (tertiary alicyclic amines) is 1. The van der Waals surface area contributed by atoms with Crippen molar-refractivity contribution in [3.63, 3.8) is 0 Å². The van der Waals surface area contributed by atoms with Gasteiger partial charge in [0, 0.05) is 19.1 Å². The van der Waals surface area contributed by atoms with Crippen molar-refractivity contribution in [3.8, 4) is 11.1 Å². The van der Waals surface area contributed by atoms with Crippen LogP contribution in [0.5, 0.6) is 0 Å². The molecule has 6 nitrogen and oxygen atoms in total. The van der Waals surface area contributed by atoms with Gasteiger partial charge in [-0.15, -0.1) is 0 Å². The highest BCUT2D eigenvalue weighted by molar-refractivity contribution is 7.92. The van der Waals surface area contributed by atoms with Crippen LogP contribution in [0.15, 0.2) is 89.8 Å². The zero-order valence-corrected chi connectivity index (χ0v) is 17.8. The lowest BCUT2D eigenvalue weighted by Gasteiger charge is -2.38. The number of para-hydroxylation sites is 1.